The molecule has 3 heterocycles. The molecule has 3 aromatic rings. The molecule has 0 aliphatic carbocycles. The Morgan fingerprint density at radius 3 is 2.59 bits per heavy atom. The van der Waals surface area contributed by atoms with Gasteiger partial charge >= 0.3 is 0 Å². The fourth-order valence-corrected chi connectivity index (χ4v) is 3.69. The van der Waals surface area contributed by atoms with Gasteiger partial charge < -0.3 is 4.74 Å². The van der Waals surface area contributed by atoms with E-state index in [1.165, 1.54) is 18.4 Å². The molecule has 6 nitrogen and oxygen atoms in total. The molecule has 27 heavy (non-hydrogen) atoms. The Morgan fingerprint density at radius 2 is 1.89 bits per heavy atom. The highest BCUT2D eigenvalue weighted by molar-refractivity contribution is 5.32. The van der Waals surface area contributed by atoms with Crippen LogP contribution in [0.1, 0.15) is 24.2 Å². The van der Waals surface area contributed by atoms with Crippen molar-refractivity contribution in [1.29, 1.82) is 0 Å². The summed E-state index contributed by atoms with van der Waals surface area (Å²) in [5.41, 5.74) is 2.36. The van der Waals surface area contributed by atoms with Crippen molar-refractivity contribution in [1.82, 2.24) is 24.6 Å². The van der Waals surface area contributed by atoms with Crippen LogP contribution in [0.25, 0.3) is 5.69 Å². The van der Waals surface area contributed by atoms with E-state index in [1.54, 1.807) is 7.11 Å². The summed E-state index contributed by atoms with van der Waals surface area (Å²) < 4.78 is 7.23. The van der Waals surface area contributed by atoms with Crippen molar-refractivity contribution in [2.45, 2.75) is 25.8 Å². The lowest BCUT2D eigenvalue weighted by Gasteiger charge is -2.31. The van der Waals surface area contributed by atoms with Gasteiger partial charge in [-0.3, -0.25) is 9.47 Å². The van der Waals surface area contributed by atoms with E-state index in [0.29, 0.717) is 11.8 Å². The van der Waals surface area contributed by atoms with Gasteiger partial charge in [0.2, 0.25) is 5.88 Å². The van der Waals surface area contributed by atoms with Gasteiger partial charge in [-0.05, 0) is 49.5 Å². The number of piperidine rings is 1. The van der Waals surface area contributed by atoms with Crippen LogP contribution in [0.15, 0.2) is 55.0 Å². The molecule has 0 N–H and O–H groups in total. The van der Waals surface area contributed by atoms with Crippen LogP contribution in [0, 0.1) is 5.92 Å². The number of para-hydroxylation sites is 1. The molecule has 4 rings (SSSR count). The topological polar surface area (TPSA) is 56.1 Å². The van der Waals surface area contributed by atoms with E-state index in [4.69, 9.17) is 4.74 Å². The molecule has 1 fully saturated rings. The SMILES string of the molecule is COc1ccc(CN2CCC(Cc3nncn3-c3ccccc3)CC2)cn1. The quantitative estimate of drug-likeness (QED) is 0.673. The predicted octanol–water partition coefficient (Wildman–Crippen LogP) is 3.13. The molecule has 1 aromatic carbocycles. The zero-order chi connectivity index (χ0) is 18.5. The summed E-state index contributed by atoms with van der Waals surface area (Å²) in [6, 6.07) is 14.3. The predicted molar refractivity (Wildman–Crippen MR) is 104 cm³/mol. The summed E-state index contributed by atoms with van der Waals surface area (Å²) in [6.07, 6.45) is 7.08. The van der Waals surface area contributed by atoms with E-state index in [9.17, 15) is 0 Å². The maximum absolute atomic E-state index is 5.13. The zero-order valence-electron chi connectivity index (χ0n) is 15.7. The van der Waals surface area contributed by atoms with Crippen molar-refractivity contribution in [3.05, 3.63) is 66.4 Å². The first kappa shape index (κ1) is 17.7. The maximum Gasteiger partial charge on any atom is 0.212 e. The summed E-state index contributed by atoms with van der Waals surface area (Å²) in [5.74, 6) is 2.38. The van der Waals surface area contributed by atoms with E-state index >= 15 is 0 Å². The molecule has 0 unspecified atom stereocenters. The number of likely N-dealkylation sites (tertiary alicyclic amines) is 1. The van der Waals surface area contributed by atoms with Crippen LogP contribution in [0.4, 0.5) is 0 Å². The Hall–Kier alpha value is -2.73. The lowest BCUT2D eigenvalue weighted by molar-refractivity contribution is 0.175. The monoisotopic (exact) mass is 363 g/mol. The van der Waals surface area contributed by atoms with Crippen molar-refractivity contribution in [2.24, 2.45) is 5.92 Å². The molecule has 1 saturated heterocycles. The van der Waals surface area contributed by atoms with E-state index in [1.807, 2.05) is 36.8 Å². The average Bonchev–Trinajstić information content (AvgIpc) is 3.19. The van der Waals surface area contributed by atoms with Gasteiger partial charge in [0.15, 0.2) is 0 Å². The number of hydrogen-bond acceptors (Lipinski definition) is 5. The molecule has 2 aromatic heterocycles. The van der Waals surface area contributed by atoms with Gasteiger partial charge in [-0.15, -0.1) is 10.2 Å². The van der Waals surface area contributed by atoms with E-state index in [2.05, 4.69) is 42.8 Å². The van der Waals surface area contributed by atoms with Crippen LogP contribution in [0.5, 0.6) is 5.88 Å². The fourth-order valence-electron chi connectivity index (χ4n) is 3.69. The third-order valence-corrected chi connectivity index (χ3v) is 5.24. The number of rotatable bonds is 6. The van der Waals surface area contributed by atoms with E-state index in [0.717, 1.165) is 37.6 Å². The summed E-state index contributed by atoms with van der Waals surface area (Å²) in [7, 11) is 1.64. The highest BCUT2D eigenvalue weighted by Crippen LogP contribution is 2.23. The van der Waals surface area contributed by atoms with Gasteiger partial charge in [-0.25, -0.2) is 4.98 Å². The smallest absolute Gasteiger partial charge is 0.212 e. The van der Waals surface area contributed by atoms with Crippen molar-refractivity contribution in [3.63, 3.8) is 0 Å². The highest BCUT2D eigenvalue weighted by Gasteiger charge is 2.21. The van der Waals surface area contributed by atoms with Gasteiger partial charge in [-0.2, -0.15) is 0 Å². The third-order valence-electron chi connectivity index (χ3n) is 5.24. The molecule has 0 bridgehead atoms. The van der Waals surface area contributed by atoms with Gasteiger partial charge in [-0.1, -0.05) is 24.3 Å². The van der Waals surface area contributed by atoms with Crippen LogP contribution in [0.2, 0.25) is 0 Å². The number of methoxy groups -OCH3 is 1. The van der Waals surface area contributed by atoms with Crippen LogP contribution < -0.4 is 4.74 Å². The molecule has 6 heteroatoms. The Labute approximate surface area is 159 Å². The minimum atomic E-state index is 0.655. The Morgan fingerprint density at radius 1 is 1.07 bits per heavy atom. The molecule has 0 amide bonds. The number of aromatic nitrogens is 4. The largest absolute Gasteiger partial charge is 0.481 e. The van der Waals surface area contributed by atoms with Crippen LogP contribution in [-0.2, 0) is 13.0 Å². The average molecular weight is 363 g/mol. The minimum Gasteiger partial charge on any atom is -0.481 e. The molecular weight excluding hydrogens is 338 g/mol. The van der Waals surface area contributed by atoms with E-state index in [-0.39, 0.29) is 0 Å². The molecule has 140 valence electrons. The van der Waals surface area contributed by atoms with Gasteiger partial charge in [0.25, 0.3) is 0 Å². The summed E-state index contributed by atoms with van der Waals surface area (Å²) in [5, 5.41) is 8.50. The van der Waals surface area contributed by atoms with Crippen molar-refractivity contribution in [3.8, 4) is 11.6 Å². The van der Waals surface area contributed by atoms with Gasteiger partial charge in [0.05, 0.1) is 7.11 Å². The van der Waals surface area contributed by atoms with E-state index < -0.39 is 0 Å². The molecule has 0 radical (unpaired) electrons. The molecule has 1 aliphatic rings. The first-order valence-electron chi connectivity index (χ1n) is 9.47. The summed E-state index contributed by atoms with van der Waals surface area (Å²) in [4.78, 5) is 6.80. The Balaban J connectivity index is 1.32. The molecule has 0 spiro atoms. The second-order valence-electron chi connectivity index (χ2n) is 7.09. The summed E-state index contributed by atoms with van der Waals surface area (Å²) >= 11 is 0. The number of ether oxygens (including phenoxy) is 1. The second-order valence-corrected chi connectivity index (χ2v) is 7.09. The lowest BCUT2D eigenvalue weighted by Crippen LogP contribution is -2.34. The Bertz CT molecular complexity index is 839. The van der Waals surface area contributed by atoms with Crippen LogP contribution >= 0.6 is 0 Å². The zero-order valence-corrected chi connectivity index (χ0v) is 15.7. The van der Waals surface area contributed by atoms with Gasteiger partial charge in [0, 0.05) is 30.9 Å². The first-order valence-corrected chi connectivity index (χ1v) is 9.47. The van der Waals surface area contributed by atoms with Crippen molar-refractivity contribution < 1.29 is 4.74 Å². The summed E-state index contributed by atoms with van der Waals surface area (Å²) in [6.45, 7) is 3.16. The van der Waals surface area contributed by atoms with Crippen LogP contribution in [0.3, 0.4) is 0 Å². The first-order chi connectivity index (χ1) is 13.3. The number of hydrogen-bond donors (Lipinski definition) is 0. The fraction of sp³-hybridized carbons (Fsp3) is 0.381. The number of pyridine rings is 1. The molecule has 0 atom stereocenters. The molecule has 1 aliphatic heterocycles. The minimum absolute atomic E-state index is 0.655. The number of nitrogens with zero attached hydrogens (tertiary/aromatic N) is 5. The Kier molecular flexibility index (Phi) is 5.44. The normalized spacial score (nSPS) is 15.7. The third kappa shape index (κ3) is 4.34. The van der Waals surface area contributed by atoms with Crippen molar-refractivity contribution >= 4 is 0 Å². The second kappa shape index (κ2) is 8.31. The maximum atomic E-state index is 5.13. The van der Waals surface area contributed by atoms with Crippen LogP contribution in [-0.4, -0.2) is 44.8 Å². The number of benzene rings is 1. The lowest BCUT2D eigenvalue weighted by atomic mass is 9.93. The molecular formula is C21H25N5O. The standard InChI is InChI=1S/C21H25N5O/c1-27-21-8-7-18(14-22-21)15-25-11-9-17(10-12-25)13-20-24-23-16-26(20)19-5-3-2-4-6-19/h2-8,14,16-17H,9-13,15H2,1H3. The van der Waals surface area contributed by atoms with Crippen molar-refractivity contribution in [2.75, 3.05) is 20.2 Å². The highest BCUT2D eigenvalue weighted by atomic mass is 16.5. The molecule has 0 saturated carbocycles. The van der Waals surface area contributed by atoms with Gasteiger partial charge in [0.1, 0.15) is 12.2 Å².